The topological polar surface area (TPSA) is 85.0 Å². The van der Waals surface area contributed by atoms with Gasteiger partial charge >= 0.3 is 0 Å². The number of carbonyl (C=O) groups is 1. The van der Waals surface area contributed by atoms with E-state index in [4.69, 9.17) is 4.42 Å². The molecule has 1 aliphatic rings. The molecule has 3 heterocycles. The summed E-state index contributed by atoms with van der Waals surface area (Å²) in [5, 5.41) is 8.26. The van der Waals surface area contributed by atoms with E-state index in [9.17, 15) is 9.18 Å². The summed E-state index contributed by atoms with van der Waals surface area (Å²) in [6.45, 7) is 1.11. The van der Waals surface area contributed by atoms with Crippen molar-refractivity contribution in [2.75, 3.05) is 13.1 Å². The fourth-order valence-electron chi connectivity index (χ4n) is 3.69. The third-order valence-electron chi connectivity index (χ3n) is 5.26. The first kappa shape index (κ1) is 18.4. The van der Waals surface area contributed by atoms with Gasteiger partial charge in [-0.1, -0.05) is 12.1 Å². The Balaban J connectivity index is 1.34. The van der Waals surface area contributed by atoms with Crippen molar-refractivity contribution in [1.82, 2.24) is 25.1 Å². The number of nitrogens with zero attached hydrogens (tertiary/aromatic N) is 5. The molecule has 5 rings (SSSR count). The van der Waals surface area contributed by atoms with Gasteiger partial charge in [-0.25, -0.2) is 9.37 Å². The monoisotopic (exact) mass is 403 g/mol. The van der Waals surface area contributed by atoms with Gasteiger partial charge in [-0.05, 0) is 49.2 Å². The highest BCUT2D eigenvalue weighted by Gasteiger charge is 2.29. The summed E-state index contributed by atoms with van der Waals surface area (Å²) >= 11 is 0. The number of hydrogen-bond acceptors (Lipinski definition) is 6. The van der Waals surface area contributed by atoms with Crippen molar-refractivity contribution < 1.29 is 13.6 Å². The van der Waals surface area contributed by atoms with Gasteiger partial charge in [0.15, 0.2) is 0 Å². The summed E-state index contributed by atoms with van der Waals surface area (Å²) < 4.78 is 19.0. The largest absolute Gasteiger partial charge is 0.420 e. The van der Waals surface area contributed by atoms with Crippen LogP contribution in [0.2, 0.25) is 0 Å². The molecule has 4 aromatic rings. The van der Waals surface area contributed by atoms with Crippen LogP contribution in [0.1, 0.15) is 35.1 Å². The van der Waals surface area contributed by atoms with Gasteiger partial charge in [-0.2, -0.15) is 0 Å². The second-order valence-corrected chi connectivity index (χ2v) is 7.29. The van der Waals surface area contributed by atoms with Crippen LogP contribution in [0.3, 0.4) is 0 Å². The highest BCUT2D eigenvalue weighted by molar-refractivity contribution is 5.93. The number of amides is 1. The Kier molecular flexibility index (Phi) is 4.66. The quantitative estimate of drug-likeness (QED) is 0.517. The molecule has 1 unspecified atom stereocenters. The first-order chi connectivity index (χ1) is 14.7. The molecular formula is C22H18FN5O2. The number of halogens is 1. The van der Waals surface area contributed by atoms with Crippen LogP contribution in [-0.4, -0.2) is 44.1 Å². The second kappa shape index (κ2) is 7.62. The SMILES string of the molecule is O=C(c1cnc2ccccc2n1)N1CCCC(c2nnc(-c3ccc(F)cc3)o2)C1. The van der Waals surface area contributed by atoms with Crippen LogP contribution in [-0.2, 0) is 0 Å². The predicted molar refractivity (Wildman–Crippen MR) is 107 cm³/mol. The summed E-state index contributed by atoms with van der Waals surface area (Å²) in [5.74, 6) is 0.288. The van der Waals surface area contributed by atoms with E-state index in [1.165, 1.54) is 18.3 Å². The van der Waals surface area contributed by atoms with Crippen molar-refractivity contribution in [3.05, 3.63) is 72.1 Å². The number of rotatable bonds is 3. The lowest BCUT2D eigenvalue weighted by Crippen LogP contribution is -2.39. The van der Waals surface area contributed by atoms with Gasteiger partial charge in [-0.15, -0.1) is 10.2 Å². The fourth-order valence-corrected chi connectivity index (χ4v) is 3.69. The number of benzene rings is 2. The summed E-state index contributed by atoms with van der Waals surface area (Å²) in [4.78, 5) is 23.6. The molecule has 0 aliphatic carbocycles. The van der Waals surface area contributed by atoms with Gasteiger partial charge in [0.25, 0.3) is 5.91 Å². The third-order valence-corrected chi connectivity index (χ3v) is 5.26. The van der Waals surface area contributed by atoms with Crippen LogP contribution in [0.25, 0.3) is 22.5 Å². The lowest BCUT2D eigenvalue weighted by molar-refractivity contribution is 0.0692. The van der Waals surface area contributed by atoms with E-state index in [0.717, 1.165) is 18.4 Å². The van der Waals surface area contributed by atoms with Crippen molar-refractivity contribution in [1.29, 1.82) is 0 Å². The molecule has 0 radical (unpaired) electrons. The molecule has 1 atom stereocenters. The van der Waals surface area contributed by atoms with Gasteiger partial charge in [0.1, 0.15) is 11.5 Å². The van der Waals surface area contributed by atoms with E-state index in [2.05, 4.69) is 20.2 Å². The van der Waals surface area contributed by atoms with E-state index < -0.39 is 0 Å². The maximum absolute atomic E-state index is 13.1. The molecular weight excluding hydrogens is 385 g/mol. The molecule has 1 aliphatic heterocycles. The van der Waals surface area contributed by atoms with Crippen molar-refractivity contribution in [2.24, 2.45) is 0 Å². The normalized spacial score (nSPS) is 16.7. The lowest BCUT2D eigenvalue weighted by Gasteiger charge is -2.30. The molecule has 0 saturated carbocycles. The van der Waals surface area contributed by atoms with Gasteiger partial charge in [0, 0.05) is 18.7 Å². The number of para-hydroxylation sites is 2. The summed E-state index contributed by atoms with van der Waals surface area (Å²) in [5.41, 5.74) is 2.43. The Hall–Kier alpha value is -3.68. The Morgan fingerprint density at radius 2 is 1.87 bits per heavy atom. The van der Waals surface area contributed by atoms with E-state index in [-0.39, 0.29) is 17.6 Å². The molecule has 1 fully saturated rings. The maximum atomic E-state index is 13.1. The zero-order valence-electron chi connectivity index (χ0n) is 16.0. The molecule has 150 valence electrons. The van der Waals surface area contributed by atoms with Gasteiger partial charge in [-0.3, -0.25) is 9.78 Å². The number of aromatic nitrogens is 4. The Morgan fingerprint density at radius 1 is 1.07 bits per heavy atom. The third kappa shape index (κ3) is 3.52. The zero-order chi connectivity index (χ0) is 20.5. The summed E-state index contributed by atoms with van der Waals surface area (Å²) in [6.07, 6.45) is 3.19. The first-order valence-electron chi connectivity index (χ1n) is 9.78. The van der Waals surface area contributed by atoms with Crippen LogP contribution in [0.4, 0.5) is 4.39 Å². The molecule has 0 N–H and O–H groups in total. The molecule has 8 heteroatoms. The molecule has 2 aromatic heterocycles. The predicted octanol–water partition coefficient (Wildman–Crippen LogP) is 3.84. The molecule has 0 spiro atoms. The van der Waals surface area contributed by atoms with Crippen molar-refractivity contribution in [2.45, 2.75) is 18.8 Å². The smallest absolute Gasteiger partial charge is 0.274 e. The lowest BCUT2D eigenvalue weighted by atomic mass is 9.98. The average molecular weight is 403 g/mol. The number of fused-ring (bicyclic) bond motifs is 1. The number of hydrogen-bond donors (Lipinski definition) is 0. The minimum Gasteiger partial charge on any atom is -0.420 e. The number of carbonyl (C=O) groups excluding carboxylic acids is 1. The fraction of sp³-hybridized carbons (Fsp3) is 0.227. The van der Waals surface area contributed by atoms with E-state index in [1.54, 1.807) is 17.0 Å². The van der Waals surface area contributed by atoms with Crippen LogP contribution in [0.15, 0.2) is 59.1 Å². The van der Waals surface area contributed by atoms with E-state index in [0.29, 0.717) is 41.6 Å². The van der Waals surface area contributed by atoms with E-state index >= 15 is 0 Å². The zero-order valence-corrected chi connectivity index (χ0v) is 16.0. The minimum atomic E-state index is -0.322. The van der Waals surface area contributed by atoms with Crippen LogP contribution in [0.5, 0.6) is 0 Å². The molecule has 7 nitrogen and oxygen atoms in total. The Bertz CT molecular complexity index is 1210. The standard InChI is InChI=1S/C22H18FN5O2/c23-16-9-7-14(8-10-16)20-26-27-21(30-20)15-4-3-11-28(13-15)22(29)19-12-24-17-5-1-2-6-18(17)25-19/h1-2,5-10,12,15H,3-4,11,13H2. The first-order valence-corrected chi connectivity index (χ1v) is 9.78. The number of piperidine rings is 1. The Labute approximate surface area is 171 Å². The minimum absolute atomic E-state index is 0.0576. The molecule has 1 amide bonds. The molecule has 0 bridgehead atoms. The molecule has 2 aromatic carbocycles. The van der Waals surface area contributed by atoms with Crippen molar-refractivity contribution in [3.63, 3.8) is 0 Å². The number of likely N-dealkylation sites (tertiary alicyclic amines) is 1. The summed E-state index contributed by atoms with van der Waals surface area (Å²) in [7, 11) is 0. The highest BCUT2D eigenvalue weighted by Crippen LogP contribution is 2.29. The second-order valence-electron chi connectivity index (χ2n) is 7.29. The molecule has 30 heavy (non-hydrogen) atoms. The summed E-state index contributed by atoms with van der Waals surface area (Å²) in [6, 6.07) is 13.4. The molecule has 1 saturated heterocycles. The van der Waals surface area contributed by atoms with Crippen molar-refractivity contribution >= 4 is 16.9 Å². The Morgan fingerprint density at radius 3 is 2.70 bits per heavy atom. The van der Waals surface area contributed by atoms with Crippen LogP contribution < -0.4 is 0 Å². The maximum Gasteiger partial charge on any atom is 0.274 e. The van der Waals surface area contributed by atoms with Gasteiger partial charge < -0.3 is 9.32 Å². The van der Waals surface area contributed by atoms with Gasteiger partial charge in [0.05, 0.1) is 23.1 Å². The highest BCUT2D eigenvalue weighted by atomic mass is 19.1. The average Bonchev–Trinajstić information content (AvgIpc) is 3.29. The van der Waals surface area contributed by atoms with E-state index in [1.807, 2.05) is 24.3 Å². The van der Waals surface area contributed by atoms with Gasteiger partial charge in [0.2, 0.25) is 11.8 Å². The van der Waals surface area contributed by atoms with Crippen molar-refractivity contribution in [3.8, 4) is 11.5 Å². The van der Waals surface area contributed by atoms with Crippen LogP contribution in [0, 0.1) is 5.82 Å². The van der Waals surface area contributed by atoms with Crippen LogP contribution >= 0.6 is 0 Å².